The Labute approximate surface area is 95.5 Å². The molecule has 1 atom stereocenters. The lowest BCUT2D eigenvalue weighted by atomic mass is 10.2. The fourth-order valence-electron chi connectivity index (χ4n) is 1.70. The molecule has 1 saturated carbocycles. The zero-order chi connectivity index (χ0) is 10.7. The number of thiazole rings is 1. The monoisotopic (exact) mass is 225 g/mol. The van der Waals surface area contributed by atoms with Gasteiger partial charge in [-0.2, -0.15) is 0 Å². The van der Waals surface area contributed by atoms with E-state index < -0.39 is 0 Å². The van der Waals surface area contributed by atoms with Gasteiger partial charge in [-0.3, -0.25) is 0 Å². The fourth-order valence-corrected chi connectivity index (χ4v) is 2.34. The highest BCUT2D eigenvalue weighted by Gasteiger charge is 2.25. The zero-order valence-electron chi connectivity index (χ0n) is 9.44. The molecule has 1 aliphatic carbocycles. The van der Waals surface area contributed by atoms with Crippen LogP contribution in [0.3, 0.4) is 0 Å². The Morgan fingerprint density at radius 1 is 1.67 bits per heavy atom. The van der Waals surface area contributed by atoms with E-state index in [4.69, 9.17) is 0 Å². The van der Waals surface area contributed by atoms with Crippen molar-refractivity contribution < 1.29 is 0 Å². The van der Waals surface area contributed by atoms with Crippen molar-refractivity contribution in [3.05, 3.63) is 16.6 Å². The van der Waals surface area contributed by atoms with Gasteiger partial charge in [-0.1, -0.05) is 0 Å². The molecule has 1 fully saturated rings. The number of aromatic nitrogens is 1. The van der Waals surface area contributed by atoms with Crippen LogP contribution in [0.1, 0.15) is 31.5 Å². The average Bonchev–Trinajstić information content (AvgIpc) is 2.93. The SMILES string of the molecule is CC(NCCN(C)C1CC1)c1cscn1. The smallest absolute Gasteiger partial charge is 0.0795 e. The van der Waals surface area contributed by atoms with Gasteiger partial charge >= 0.3 is 0 Å². The summed E-state index contributed by atoms with van der Waals surface area (Å²) in [6.45, 7) is 4.36. The summed E-state index contributed by atoms with van der Waals surface area (Å²) in [7, 11) is 2.22. The van der Waals surface area contributed by atoms with Gasteiger partial charge in [-0.05, 0) is 26.8 Å². The summed E-state index contributed by atoms with van der Waals surface area (Å²) in [4.78, 5) is 6.75. The first-order valence-electron chi connectivity index (χ1n) is 5.59. The average molecular weight is 225 g/mol. The van der Waals surface area contributed by atoms with Gasteiger partial charge in [0.05, 0.1) is 11.2 Å². The molecule has 1 N–H and O–H groups in total. The second kappa shape index (κ2) is 5.05. The van der Waals surface area contributed by atoms with E-state index in [0.29, 0.717) is 6.04 Å². The Bertz CT molecular complexity index is 282. The van der Waals surface area contributed by atoms with E-state index in [0.717, 1.165) is 24.8 Å². The highest BCUT2D eigenvalue weighted by atomic mass is 32.1. The van der Waals surface area contributed by atoms with E-state index in [9.17, 15) is 0 Å². The van der Waals surface area contributed by atoms with Crippen molar-refractivity contribution in [1.29, 1.82) is 0 Å². The molecule has 0 spiro atoms. The molecule has 1 aromatic rings. The quantitative estimate of drug-likeness (QED) is 0.801. The minimum absolute atomic E-state index is 0.379. The van der Waals surface area contributed by atoms with Gasteiger partial charge in [0, 0.05) is 30.6 Å². The Morgan fingerprint density at radius 2 is 2.47 bits per heavy atom. The molecule has 84 valence electrons. The van der Waals surface area contributed by atoms with Crippen LogP contribution in [0.5, 0.6) is 0 Å². The van der Waals surface area contributed by atoms with Crippen LogP contribution in [-0.4, -0.2) is 36.1 Å². The number of likely N-dealkylation sites (N-methyl/N-ethyl adjacent to an activating group) is 1. The van der Waals surface area contributed by atoms with Crippen LogP contribution in [0.2, 0.25) is 0 Å². The number of nitrogens with one attached hydrogen (secondary N) is 1. The van der Waals surface area contributed by atoms with E-state index in [2.05, 4.69) is 34.6 Å². The molecule has 0 saturated heterocycles. The van der Waals surface area contributed by atoms with E-state index in [1.165, 1.54) is 12.8 Å². The first-order valence-corrected chi connectivity index (χ1v) is 6.53. The van der Waals surface area contributed by atoms with E-state index >= 15 is 0 Å². The van der Waals surface area contributed by atoms with Crippen LogP contribution >= 0.6 is 11.3 Å². The second-order valence-corrected chi connectivity index (χ2v) is 5.02. The van der Waals surface area contributed by atoms with Crippen molar-refractivity contribution >= 4 is 11.3 Å². The summed E-state index contributed by atoms with van der Waals surface area (Å²) in [6, 6.07) is 1.24. The van der Waals surface area contributed by atoms with E-state index in [-0.39, 0.29) is 0 Å². The van der Waals surface area contributed by atoms with E-state index in [1.54, 1.807) is 11.3 Å². The van der Waals surface area contributed by atoms with E-state index in [1.807, 2.05) is 5.51 Å². The highest BCUT2D eigenvalue weighted by molar-refractivity contribution is 7.07. The van der Waals surface area contributed by atoms with Crippen LogP contribution in [-0.2, 0) is 0 Å². The summed E-state index contributed by atoms with van der Waals surface area (Å²) >= 11 is 1.66. The van der Waals surface area contributed by atoms with Crippen molar-refractivity contribution in [1.82, 2.24) is 15.2 Å². The lowest BCUT2D eigenvalue weighted by Crippen LogP contribution is -2.32. The molecule has 0 aliphatic heterocycles. The van der Waals surface area contributed by atoms with Crippen LogP contribution < -0.4 is 5.32 Å². The van der Waals surface area contributed by atoms with Gasteiger partial charge in [0.1, 0.15) is 0 Å². The fraction of sp³-hybridized carbons (Fsp3) is 0.727. The molecule has 0 radical (unpaired) electrons. The molecule has 3 nitrogen and oxygen atoms in total. The summed E-state index contributed by atoms with van der Waals surface area (Å²) in [5.74, 6) is 0. The van der Waals surface area contributed by atoms with Gasteiger partial charge in [0.25, 0.3) is 0 Å². The molecule has 0 aromatic carbocycles. The third-order valence-corrected chi connectivity index (χ3v) is 3.59. The Morgan fingerprint density at radius 3 is 3.07 bits per heavy atom. The molecular weight excluding hydrogens is 206 g/mol. The standard InChI is InChI=1S/C11H19N3S/c1-9(11-7-15-8-13-11)12-5-6-14(2)10-3-4-10/h7-10,12H,3-6H2,1-2H3. The Hall–Kier alpha value is -0.450. The maximum absolute atomic E-state index is 4.30. The van der Waals surface area contributed by atoms with Crippen molar-refractivity contribution in [2.24, 2.45) is 0 Å². The number of nitrogens with zero attached hydrogens (tertiary/aromatic N) is 2. The topological polar surface area (TPSA) is 28.2 Å². The molecule has 0 bridgehead atoms. The third kappa shape index (κ3) is 3.26. The largest absolute Gasteiger partial charge is 0.308 e. The first kappa shape index (κ1) is 11.0. The van der Waals surface area contributed by atoms with Gasteiger partial charge < -0.3 is 10.2 Å². The maximum Gasteiger partial charge on any atom is 0.0795 e. The molecule has 4 heteroatoms. The van der Waals surface area contributed by atoms with Crippen molar-refractivity contribution in [2.45, 2.75) is 31.8 Å². The molecule has 1 heterocycles. The summed E-state index contributed by atoms with van der Waals surface area (Å²) in [5, 5.41) is 5.61. The third-order valence-electron chi connectivity index (χ3n) is 2.98. The Balaban J connectivity index is 1.64. The first-order chi connectivity index (χ1) is 7.27. The minimum Gasteiger partial charge on any atom is -0.308 e. The Kier molecular flexibility index (Phi) is 3.72. The molecule has 2 rings (SSSR count). The summed E-state index contributed by atoms with van der Waals surface area (Å²) in [6.07, 6.45) is 2.77. The van der Waals surface area contributed by atoms with Crippen LogP contribution in [0.15, 0.2) is 10.9 Å². The summed E-state index contributed by atoms with van der Waals surface area (Å²) < 4.78 is 0. The van der Waals surface area contributed by atoms with Crippen LogP contribution in [0.25, 0.3) is 0 Å². The highest BCUT2D eigenvalue weighted by Crippen LogP contribution is 2.24. The maximum atomic E-state index is 4.30. The molecule has 1 aromatic heterocycles. The number of hydrogen-bond donors (Lipinski definition) is 1. The minimum atomic E-state index is 0.379. The number of rotatable bonds is 6. The zero-order valence-corrected chi connectivity index (χ0v) is 10.3. The van der Waals surface area contributed by atoms with Crippen molar-refractivity contribution in [3.63, 3.8) is 0 Å². The summed E-state index contributed by atoms with van der Waals surface area (Å²) in [5.41, 5.74) is 3.05. The number of hydrogen-bond acceptors (Lipinski definition) is 4. The lowest BCUT2D eigenvalue weighted by molar-refractivity contribution is 0.316. The molecule has 15 heavy (non-hydrogen) atoms. The van der Waals surface area contributed by atoms with Crippen molar-refractivity contribution in [2.75, 3.05) is 20.1 Å². The molecule has 1 aliphatic rings. The van der Waals surface area contributed by atoms with Gasteiger partial charge in [0.2, 0.25) is 0 Å². The van der Waals surface area contributed by atoms with Gasteiger partial charge in [-0.15, -0.1) is 11.3 Å². The normalized spacial score (nSPS) is 18.3. The predicted octanol–water partition coefficient (Wildman–Crippen LogP) is 1.89. The second-order valence-electron chi connectivity index (χ2n) is 4.30. The van der Waals surface area contributed by atoms with Crippen LogP contribution in [0, 0.1) is 0 Å². The molecule has 1 unspecified atom stereocenters. The van der Waals surface area contributed by atoms with Gasteiger partial charge in [0.15, 0.2) is 0 Å². The molecule has 0 amide bonds. The lowest BCUT2D eigenvalue weighted by Gasteiger charge is -2.17. The van der Waals surface area contributed by atoms with Gasteiger partial charge in [-0.25, -0.2) is 4.98 Å². The predicted molar refractivity (Wildman–Crippen MR) is 64.2 cm³/mol. The van der Waals surface area contributed by atoms with Crippen molar-refractivity contribution in [3.8, 4) is 0 Å². The molecular formula is C11H19N3S. The van der Waals surface area contributed by atoms with Crippen LogP contribution in [0.4, 0.5) is 0 Å².